The Balaban J connectivity index is 2.00. The van der Waals surface area contributed by atoms with Crippen LogP contribution in [0, 0.1) is 0 Å². The highest BCUT2D eigenvalue weighted by atomic mass is 32.5. The van der Waals surface area contributed by atoms with Gasteiger partial charge in [-0.05, 0) is 11.1 Å². The van der Waals surface area contributed by atoms with Crippen molar-refractivity contribution in [3.05, 3.63) is 71.8 Å². The molecule has 1 aliphatic rings. The molecule has 3 rings (SSSR count). The molecular weight excluding hydrogens is 279 g/mol. The normalized spacial score (nSPS) is 30.4. The van der Waals surface area contributed by atoms with Crippen molar-refractivity contribution in [3.8, 4) is 0 Å². The predicted molar refractivity (Wildman–Crippen MR) is 74.8 cm³/mol. The smallest absolute Gasteiger partial charge is 0.120 e. The SMILES string of the molecule is [O-]P1(=S)O[C@H](c2ccccc2)[C@H](c2ccccc2)O1. The molecule has 0 aliphatic carbocycles. The van der Waals surface area contributed by atoms with Crippen molar-refractivity contribution in [1.82, 2.24) is 0 Å². The molecule has 0 aromatic heterocycles. The molecule has 1 heterocycles. The van der Waals surface area contributed by atoms with Gasteiger partial charge in [-0.1, -0.05) is 72.5 Å². The van der Waals surface area contributed by atoms with E-state index in [1.54, 1.807) is 0 Å². The van der Waals surface area contributed by atoms with Crippen molar-refractivity contribution in [2.45, 2.75) is 12.2 Å². The van der Waals surface area contributed by atoms with E-state index in [1.807, 2.05) is 60.7 Å². The highest BCUT2D eigenvalue weighted by Crippen LogP contribution is 2.60. The third-order valence-electron chi connectivity index (χ3n) is 3.02. The summed E-state index contributed by atoms with van der Waals surface area (Å²) in [6.07, 6.45) is -0.848. The summed E-state index contributed by atoms with van der Waals surface area (Å²) in [6, 6.07) is 19.2. The van der Waals surface area contributed by atoms with Crippen LogP contribution in [0.15, 0.2) is 60.7 Å². The highest BCUT2D eigenvalue weighted by molar-refractivity contribution is 8.06. The topological polar surface area (TPSA) is 41.5 Å². The van der Waals surface area contributed by atoms with Gasteiger partial charge in [-0.25, -0.2) is 0 Å². The van der Waals surface area contributed by atoms with Crippen LogP contribution in [0.1, 0.15) is 23.3 Å². The summed E-state index contributed by atoms with van der Waals surface area (Å²) in [5, 5.41) is 0. The van der Waals surface area contributed by atoms with Gasteiger partial charge in [0.15, 0.2) is 0 Å². The lowest BCUT2D eigenvalue weighted by Gasteiger charge is -2.19. The first-order valence-corrected chi connectivity index (χ1v) is 8.49. The van der Waals surface area contributed by atoms with E-state index in [-0.39, 0.29) is 0 Å². The van der Waals surface area contributed by atoms with Crippen molar-refractivity contribution < 1.29 is 13.9 Å². The Labute approximate surface area is 117 Å². The minimum Gasteiger partial charge on any atom is -0.780 e. The molecule has 1 aliphatic heterocycles. The Morgan fingerprint density at radius 3 is 1.53 bits per heavy atom. The van der Waals surface area contributed by atoms with Gasteiger partial charge < -0.3 is 13.9 Å². The molecule has 19 heavy (non-hydrogen) atoms. The first-order chi connectivity index (χ1) is 9.16. The van der Waals surface area contributed by atoms with E-state index in [1.165, 1.54) is 0 Å². The van der Waals surface area contributed by atoms with E-state index in [9.17, 15) is 4.89 Å². The molecule has 1 unspecified atom stereocenters. The average molecular weight is 291 g/mol. The largest absolute Gasteiger partial charge is 0.780 e. The van der Waals surface area contributed by atoms with Gasteiger partial charge in [0.25, 0.3) is 0 Å². The van der Waals surface area contributed by atoms with Crippen LogP contribution in [0.4, 0.5) is 0 Å². The number of benzene rings is 2. The third kappa shape index (κ3) is 2.78. The Kier molecular flexibility index (Phi) is 3.52. The molecule has 2 aromatic carbocycles. The molecule has 2 aromatic rings. The summed E-state index contributed by atoms with van der Waals surface area (Å²) in [5.41, 5.74) is 1.83. The maximum Gasteiger partial charge on any atom is 0.120 e. The Morgan fingerprint density at radius 1 is 0.789 bits per heavy atom. The lowest BCUT2D eigenvalue weighted by atomic mass is 9.99. The van der Waals surface area contributed by atoms with Crippen LogP contribution in [0.5, 0.6) is 0 Å². The molecule has 1 fully saturated rings. The zero-order chi connectivity index (χ0) is 13.3. The molecule has 3 nitrogen and oxygen atoms in total. The maximum atomic E-state index is 12.0. The van der Waals surface area contributed by atoms with E-state index in [0.29, 0.717) is 0 Å². The van der Waals surface area contributed by atoms with Gasteiger partial charge in [0.05, 0.1) is 0 Å². The van der Waals surface area contributed by atoms with Gasteiger partial charge in [-0.15, -0.1) is 0 Å². The molecule has 0 amide bonds. The quantitative estimate of drug-likeness (QED) is 0.797. The standard InChI is InChI=1S/C14H13O3PS/c15-18(19)16-13(11-7-3-1-4-8-11)14(17-18)12-9-5-2-6-10-12/h1-10,13-14H,(H,15,19)/p-1/t13-,14+,18?. The minimum atomic E-state index is -3.40. The summed E-state index contributed by atoms with van der Waals surface area (Å²) in [4.78, 5) is 12.0. The van der Waals surface area contributed by atoms with Crippen LogP contribution in [0.2, 0.25) is 0 Å². The second-order valence-electron chi connectivity index (χ2n) is 4.32. The van der Waals surface area contributed by atoms with Gasteiger partial charge in [0, 0.05) is 0 Å². The summed E-state index contributed by atoms with van der Waals surface area (Å²) in [7, 11) is 0. The zero-order valence-electron chi connectivity index (χ0n) is 10.0. The Morgan fingerprint density at radius 2 is 1.16 bits per heavy atom. The molecule has 0 spiro atoms. The number of hydrogen-bond acceptors (Lipinski definition) is 4. The summed E-state index contributed by atoms with van der Waals surface area (Å²) >= 11 is 4.87. The Hall–Kier alpha value is -1.03. The van der Waals surface area contributed by atoms with Crippen LogP contribution >= 0.6 is 6.72 Å². The van der Waals surface area contributed by atoms with Gasteiger partial charge in [-0.3, -0.25) is 0 Å². The van der Waals surface area contributed by atoms with Gasteiger partial charge in [-0.2, -0.15) is 0 Å². The summed E-state index contributed by atoms with van der Waals surface area (Å²) in [6.45, 7) is -3.40. The van der Waals surface area contributed by atoms with Crippen molar-refractivity contribution in [1.29, 1.82) is 0 Å². The minimum absolute atomic E-state index is 0.424. The molecule has 0 N–H and O–H groups in total. The van der Waals surface area contributed by atoms with Crippen molar-refractivity contribution in [2.24, 2.45) is 0 Å². The molecule has 0 radical (unpaired) electrons. The van der Waals surface area contributed by atoms with E-state index in [4.69, 9.17) is 20.9 Å². The molecule has 1 saturated heterocycles. The fourth-order valence-corrected chi connectivity index (χ4v) is 3.80. The molecule has 0 saturated carbocycles. The van der Waals surface area contributed by atoms with Gasteiger partial charge >= 0.3 is 0 Å². The van der Waals surface area contributed by atoms with Crippen molar-refractivity contribution in [3.63, 3.8) is 0 Å². The van der Waals surface area contributed by atoms with E-state index < -0.39 is 18.9 Å². The van der Waals surface area contributed by atoms with Crippen LogP contribution in [-0.2, 0) is 20.9 Å². The van der Waals surface area contributed by atoms with Crippen LogP contribution in [-0.4, -0.2) is 0 Å². The molecule has 98 valence electrons. The van der Waals surface area contributed by atoms with E-state index in [0.717, 1.165) is 11.1 Å². The van der Waals surface area contributed by atoms with Crippen molar-refractivity contribution in [2.75, 3.05) is 0 Å². The molecule has 5 heteroatoms. The first-order valence-electron chi connectivity index (χ1n) is 5.93. The van der Waals surface area contributed by atoms with Crippen LogP contribution < -0.4 is 4.89 Å². The average Bonchev–Trinajstić information content (AvgIpc) is 2.77. The van der Waals surface area contributed by atoms with Gasteiger partial charge in [0.2, 0.25) is 0 Å². The molecule has 3 atom stereocenters. The summed E-state index contributed by atoms with van der Waals surface area (Å²) < 4.78 is 10.9. The van der Waals surface area contributed by atoms with Crippen LogP contribution in [0.3, 0.4) is 0 Å². The highest BCUT2D eigenvalue weighted by Gasteiger charge is 2.37. The second-order valence-corrected chi connectivity index (χ2v) is 6.98. The van der Waals surface area contributed by atoms with E-state index >= 15 is 0 Å². The third-order valence-corrected chi connectivity index (χ3v) is 4.50. The van der Waals surface area contributed by atoms with Crippen LogP contribution in [0.25, 0.3) is 0 Å². The molecule has 0 bridgehead atoms. The van der Waals surface area contributed by atoms with Crippen molar-refractivity contribution >= 4 is 18.5 Å². The number of rotatable bonds is 2. The maximum absolute atomic E-state index is 12.0. The fraction of sp³-hybridized carbons (Fsp3) is 0.143. The van der Waals surface area contributed by atoms with E-state index in [2.05, 4.69) is 0 Å². The first kappa shape index (κ1) is 13.0. The summed E-state index contributed by atoms with van der Waals surface area (Å²) in [5.74, 6) is 0. The zero-order valence-corrected chi connectivity index (χ0v) is 11.7. The number of hydrogen-bond donors (Lipinski definition) is 0. The lowest BCUT2D eigenvalue weighted by Crippen LogP contribution is -2.06. The lowest BCUT2D eigenvalue weighted by molar-refractivity contribution is -0.198. The Bertz CT molecular complexity index is 551. The predicted octanol–water partition coefficient (Wildman–Crippen LogP) is 3.10. The second kappa shape index (κ2) is 5.16. The van der Waals surface area contributed by atoms with Gasteiger partial charge in [0.1, 0.15) is 18.9 Å². The molecular formula is C14H12O3PS-. The monoisotopic (exact) mass is 291 g/mol. The fourth-order valence-electron chi connectivity index (χ4n) is 2.17.